The molecule has 144 valence electrons. The predicted molar refractivity (Wildman–Crippen MR) is 101 cm³/mol. The zero-order valence-corrected chi connectivity index (χ0v) is 16.1. The summed E-state index contributed by atoms with van der Waals surface area (Å²) in [5, 5.41) is 0. The molecule has 1 aromatic carbocycles. The molecule has 2 fully saturated rings. The van der Waals surface area contributed by atoms with Crippen molar-refractivity contribution < 1.29 is 13.9 Å². The molecule has 1 aliphatic carbocycles. The Hall–Kier alpha value is -2.18. The van der Waals surface area contributed by atoms with E-state index in [0.29, 0.717) is 50.5 Å². The first-order chi connectivity index (χ1) is 13.1. The molecule has 6 heteroatoms. The van der Waals surface area contributed by atoms with E-state index in [1.807, 2.05) is 0 Å². The van der Waals surface area contributed by atoms with Gasteiger partial charge in [-0.25, -0.2) is 4.98 Å². The number of hydrogen-bond donors (Lipinski definition) is 0. The average molecular weight is 369 g/mol. The summed E-state index contributed by atoms with van der Waals surface area (Å²) >= 11 is 0. The van der Waals surface area contributed by atoms with Gasteiger partial charge in [0, 0.05) is 25.7 Å². The summed E-state index contributed by atoms with van der Waals surface area (Å²) < 4.78 is 11.0. The third-order valence-electron chi connectivity index (χ3n) is 5.35. The smallest absolute Gasteiger partial charge is 0.275 e. The molecule has 2 aromatic rings. The summed E-state index contributed by atoms with van der Waals surface area (Å²) in [5.41, 5.74) is 4.33. The van der Waals surface area contributed by atoms with Crippen LogP contribution in [0.3, 0.4) is 0 Å². The maximum Gasteiger partial charge on any atom is 0.275 e. The predicted octanol–water partition coefficient (Wildman–Crippen LogP) is 2.93. The molecule has 2 aliphatic rings. The lowest BCUT2D eigenvalue weighted by molar-refractivity contribution is 0.0299. The topological polar surface area (TPSA) is 58.8 Å². The highest BCUT2D eigenvalue weighted by Crippen LogP contribution is 2.30. The van der Waals surface area contributed by atoms with Crippen molar-refractivity contribution in [2.45, 2.75) is 45.8 Å². The highest BCUT2D eigenvalue weighted by molar-refractivity contribution is 5.92. The summed E-state index contributed by atoms with van der Waals surface area (Å²) in [5.74, 6) is 0.546. The van der Waals surface area contributed by atoms with Crippen LogP contribution in [0.4, 0.5) is 0 Å². The number of carbonyl (C=O) groups excluding carboxylic acids is 1. The first-order valence-electron chi connectivity index (χ1n) is 9.72. The number of oxazole rings is 1. The van der Waals surface area contributed by atoms with Gasteiger partial charge in [-0.3, -0.25) is 9.69 Å². The van der Waals surface area contributed by atoms with E-state index in [1.165, 1.54) is 35.8 Å². The number of hydrogen-bond acceptors (Lipinski definition) is 5. The second-order valence-electron chi connectivity index (χ2n) is 7.60. The lowest BCUT2D eigenvalue weighted by Gasteiger charge is -2.25. The van der Waals surface area contributed by atoms with Gasteiger partial charge in [-0.05, 0) is 37.8 Å². The Morgan fingerprint density at radius 1 is 1.22 bits per heavy atom. The minimum Gasteiger partial charge on any atom is -0.447 e. The Kier molecular flexibility index (Phi) is 5.27. The van der Waals surface area contributed by atoms with Crippen LogP contribution in [-0.2, 0) is 17.8 Å². The molecule has 4 rings (SSSR count). The van der Waals surface area contributed by atoms with Gasteiger partial charge in [0.2, 0.25) is 5.89 Å². The number of aryl methyl sites for hydroxylation is 2. The Balaban J connectivity index is 1.44. The van der Waals surface area contributed by atoms with E-state index in [4.69, 9.17) is 9.15 Å². The van der Waals surface area contributed by atoms with Gasteiger partial charge >= 0.3 is 0 Å². The fourth-order valence-electron chi connectivity index (χ4n) is 3.53. The van der Waals surface area contributed by atoms with Crippen molar-refractivity contribution in [1.29, 1.82) is 0 Å². The fourth-order valence-corrected chi connectivity index (χ4v) is 3.53. The molecule has 1 aromatic heterocycles. The van der Waals surface area contributed by atoms with Crippen LogP contribution >= 0.6 is 0 Å². The number of amides is 1. The summed E-state index contributed by atoms with van der Waals surface area (Å²) in [6, 6.07) is 7.17. The SMILES string of the molecule is Cc1ccc(C)c(CN(Cc2nc(C(=O)N3CCOCC3)co2)C2CC2)c1. The molecule has 2 heterocycles. The van der Waals surface area contributed by atoms with Gasteiger partial charge in [-0.1, -0.05) is 23.8 Å². The number of aromatic nitrogens is 1. The molecular formula is C21H27N3O3. The lowest BCUT2D eigenvalue weighted by Crippen LogP contribution is -2.40. The van der Waals surface area contributed by atoms with E-state index in [2.05, 4.69) is 41.9 Å². The third-order valence-corrected chi connectivity index (χ3v) is 5.35. The number of nitrogens with zero attached hydrogens (tertiary/aromatic N) is 3. The average Bonchev–Trinajstić information content (AvgIpc) is 3.43. The molecule has 0 unspecified atom stereocenters. The third kappa shape index (κ3) is 4.39. The highest BCUT2D eigenvalue weighted by Gasteiger charge is 2.31. The Bertz CT molecular complexity index is 807. The largest absolute Gasteiger partial charge is 0.447 e. The van der Waals surface area contributed by atoms with Crippen molar-refractivity contribution >= 4 is 5.91 Å². The Labute approximate surface area is 160 Å². The van der Waals surface area contributed by atoms with E-state index in [9.17, 15) is 4.79 Å². The van der Waals surface area contributed by atoms with Crippen LogP contribution in [0, 0.1) is 13.8 Å². The van der Waals surface area contributed by atoms with E-state index >= 15 is 0 Å². The second-order valence-corrected chi connectivity index (χ2v) is 7.60. The van der Waals surface area contributed by atoms with Crippen LogP contribution in [0.1, 0.15) is 45.9 Å². The van der Waals surface area contributed by atoms with Crippen molar-refractivity contribution in [3.63, 3.8) is 0 Å². The van der Waals surface area contributed by atoms with Crippen LogP contribution in [0.2, 0.25) is 0 Å². The molecule has 1 aliphatic heterocycles. The van der Waals surface area contributed by atoms with Gasteiger partial charge < -0.3 is 14.1 Å². The molecule has 27 heavy (non-hydrogen) atoms. The first-order valence-corrected chi connectivity index (χ1v) is 9.72. The molecule has 1 saturated heterocycles. The zero-order chi connectivity index (χ0) is 18.8. The van der Waals surface area contributed by atoms with Crippen LogP contribution in [0.5, 0.6) is 0 Å². The standard InChI is InChI=1S/C21H27N3O3/c1-15-3-4-16(2)17(11-15)12-24(18-5-6-18)13-20-22-19(14-27-20)21(25)23-7-9-26-10-8-23/h3-4,11,14,18H,5-10,12-13H2,1-2H3. The number of morpholine rings is 1. The molecule has 0 bridgehead atoms. The maximum atomic E-state index is 12.6. The molecular weight excluding hydrogens is 342 g/mol. The number of rotatable bonds is 6. The second kappa shape index (κ2) is 7.82. The summed E-state index contributed by atoms with van der Waals surface area (Å²) in [4.78, 5) is 21.2. The van der Waals surface area contributed by atoms with Crippen molar-refractivity contribution in [2.75, 3.05) is 26.3 Å². The molecule has 0 radical (unpaired) electrons. The van der Waals surface area contributed by atoms with Gasteiger partial charge in [-0.15, -0.1) is 0 Å². The number of carbonyl (C=O) groups is 1. The highest BCUT2D eigenvalue weighted by atomic mass is 16.5. The van der Waals surface area contributed by atoms with E-state index in [1.54, 1.807) is 4.90 Å². The van der Waals surface area contributed by atoms with Crippen LogP contribution in [0.15, 0.2) is 28.9 Å². The fraction of sp³-hybridized carbons (Fsp3) is 0.524. The minimum absolute atomic E-state index is 0.0687. The summed E-state index contributed by atoms with van der Waals surface area (Å²) in [6.07, 6.45) is 3.92. The normalized spacial score (nSPS) is 17.5. The van der Waals surface area contributed by atoms with E-state index in [-0.39, 0.29) is 5.91 Å². The lowest BCUT2D eigenvalue weighted by atomic mass is 10.1. The van der Waals surface area contributed by atoms with Gasteiger partial charge in [0.1, 0.15) is 6.26 Å². The van der Waals surface area contributed by atoms with Crippen LogP contribution < -0.4 is 0 Å². The maximum absolute atomic E-state index is 12.6. The zero-order valence-electron chi connectivity index (χ0n) is 16.1. The van der Waals surface area contributed by atoms with Crippen molar-refractivity contribution in [2.24, 2.45) is 0 Å². The number of benzene rings is 1. The summed E-state index contributed by atoms with van der Waals surface area (Å²) in [7, 11) is 0. The van der Waals surface area contributed by atoms with Gasteiger partial charge in [0.15, 0.2) is 5.69 Å². The molecule has 6 nitrogen and oxygen atoms in total. The van der Waals surface area contributed by atoms with E-state index < -0.39 is 0 Å². The van der Waals surface area contributed by atoms with Crippen molar-refractivity contribution in [1.82, 2.24) is 14.8 Å². The van der Waals surface area contributed by atoms with Gasteiger partial charge in [-0.2, -0.15) is 0 Å². The van der Waals surface area contributed by atoms with Crippen LogP contribution in [0.25, 0.3) is 0 Å². The quantitative estimate of drug-likeness (QED) is 0.784. The van der Waals surface area contributed by atoms with Crippen molar-refractivity contribution in [3.05, 3.63) is 52.7 Å². The van der Waals surface area contributed by atoms with Gasteiger partial charge in [0.05, 0.1) is 19.8 Å². The number of ether oxygens (including phenoxy) is 1. The minimum atomic E-state index is -0.0687. The molecule has 0 atom stereocenters. The van der Waals surface area contributed by atoms with Gasteiger partial charge in [0.25, 0.3) is 5.91 Å². The first kappa shape index (κ1) is 18.2. The summed E-state index contributed by atoms with van der Waals surface area (Å²) in [6.45, 7) is 8.20. The van der Waals surface area contributed by atoms with Crippen molar-refractivity contribution in [3.8, 4) is 0 Å². The molecule has 1 amide bonds. The molecule has 0 N–H and O–H groups in total. The monoisotopic (exact) mass is 369 g/mol. The molecule has 1 saturated carbocycles. The van der Waals surface area contributed by atoms with Crippen LogP contribution in [-0.4, -0.2) is 53.0 Å². The Morgan fingerprint density at radius 3 is 2.74 bits per heavy atom. The molecule has 0 spiro atoms. The van der Waals surface area contributed by atoms with E-state index in [0.717, 1.165) is 6.54 Å². The Morgan fingerprint density at radius 2 is 2.00 bits per heavy atom.